The van der Waals surface area contributed by atoms with Gasteiger partial charge < -0.3 is 5.61 Å². The second-order valence-electron chi connectivity index (χ2n) is 4.33. The maximum absolute atomic E-state index is 12.2. The second-order valence-corrected chi connectivity index (χ2v) is 5.87. The number of fused-ring (bicyclic) bond motifs is 1. The van der Waals surface area contributed by atoms with E-state index in [9.17, 15) is 8.42 Å². The van der Waals surface area contributed by atoms with Crippen molar-refractivity contribution in [3.8, 4) is 5.75 Å². The molecule has 0 bridgehead atoms. The molecule has 0 atom stereocenters. The monoisotopic (exact) mass is 324 g/mol. The Morgan fingerprint density at radius 3 is 2.14 bits per heavy atom. The predicted molar refractivity (Wildman–Crippen MR) is 79.3 cm³/mol. The van der Waals surface area contributed by atoms with Gasteiger partial charge >= 0.3 is 61.5 Å². The normalized spacial score (nSPS) is 10.9. The molecule has 0 saturated carbocycles. The summed E-state index contributed by atoms with van der Waals surface area (Å²) in [7, 11) is -3.80. The van der Waals surface area contributed by atoms with Crippen LogP contribution in [-0.4, -0.2) is 8.42 Å². The van der Waals surface area contributed by atoms with Crippen LogP contribution in [0.3, 0.4) is 0 Å². The summed E-state index contributed by atoms with van der Waals surface area (Å²) in [4.78, 5) is 0.146. The molecule has 21 heavy (non-hydrogen) atoms. The van der Waals surface area contributed by atoms with E-state index in [0.29, 0.717) is 5.75 Å². The Morgan fingerprint density at radius 2 is 1.38 bits per heavy atom. The van der Waals surface area contributed by atoms with Gasteiger partial charge in [0.1, 0.15) is 4.90 Å². The summed E-state index contributed by atoms with van der Waals surface area (Å²) >= 11 is 0. The van der Waals surface area contributed by atoms with Gasteiger partial charge in [-0.3, -0.25) is 0 Å². The molecule has 0 aliphatic carbocycles. The zero-order chi connectivity index (χ0) is 14.0. The molecule has 0 saturated heterocycles. The molecule has 3 nitrogen and oxygen atoms in total. The SMILES string of the molecule is O=S(=O)(Oc1cccc2ccccc12)c1ccccc1.[H-].[K+]. The molecule has 102 valence electrons. The average molecular weight is 324 g/mol. The van der Waals surface area contributed by atoms with Crippen LogP contribution < -0.4 is 55.6 Å². The van der Waals surface area contributed by atoms with Crippen molar-refractivity contribution in [1.82, 2.24) is 0 Å². The summed E-state index contributed by atoms with van der Waals surface area (Å²) in [5, 5.41) is 1.71. The van der Waals surface area contributed by atoms with E-state index in [0.717, 1.165) is 10.8 Å². The van der Waals surface area contributed by atoms with Crippen molar-refractivity contribution in [2.45, 2.75) is 4.90 Å². The van der Waals surface area contributed by atoms with Crippen LogP contribution in [0.1, 0.15) is 1.43 Å². The van der Waals surface area contributed by atoms with Crippen molar-refractivity contribution >= 4 is 20.9 Å². The average Bonchev–Trinajstić information content (AvgIpc) is 2.48. The molecule has 0 radical (unpaired) electrons. The second kappa shape index (κ2) is 7.04. The van der Waals surface area contributed by atoms with E-state index in [1.165, 1.54) is 12.1 Å². The zero-order valence-electron chi connectivity index (χ0n) is 12.6. The Bertz CT molecular complexity index is 846. The van der Waals surface area contributed by atoms with Crippen LogP contribution in [0, 0.1) is 0 Å². The maximum atomic E-state index is 12.2. The summed E-state index contributed by atoms with van der Waals surface area (Å²) in [6.45, 7) is 0. The Morgan fingerprint density at radius 1 is 0.762 bits per heavy atom. The van der Waals surface area contributed by atoms with Gasteiger partial charge in [0, 0.05) is 5.39 Å². The molecule has 0 fully saturated rings. The summed E-state index contributed by atoms with van der Waals surface area (Å²) < 4.78 is 29.7. The minimum atomic E-state index is -3.80. The van der Waals surface area contributed by atoms with E-state index in [2.05, 4.69) is 0 Å². The van der Waals surface area contributed by atoms with Crippen LogP contribution in [0.25, 0.3) is 10.8 Å². The molecular formula is C16H13KO3S. The molecule has 0 aliphatic heterocycles. The summed E-state index contributed by atoms with van der Waals surface area (Å²) in [6, 6.07) is 21.0. The molecule has 0 N–H and O–H groups in total. The molecule has 0 aromatic heterocycles. The fourth-order valence-electron chi connectivity index (χ4n) is 2.02. The molecule has 0 aliphatic rings. The van der Waals surface area contributed by atoms with E-state index >= 15 is 0 Å². The van der Waals surface area contributed by atoms with Crippen molar-refractivity contribution in [3.63, 3.8) is 0 Å². The van der Waals surface area contributed by atoms with Gasteiger partial charge in [-0.2, -0.15) is 8.42 Å². The maximum Gasteiger partial charge on any atom is 1.00 e. The van der Waals surface area contributed by atoms with Gasteiger partial charge in [-0.25, -0.2) is 0 Å². The van der Waals surface area contributed by atoms with Gasteiger partial charge in [0.25, 0.3) is 0 Å². The van der Waals surface area contributed by atoms with Crippen LogP contribution in [0.4, 0.5) is 0 Å². The molecule has 0 amide bonds. The molecule has 3 rings (SSSR count). The van der Waals surface area contributed by atoms with Gasteiger partial charge in [-0.1, -0.05) is 54.6 Å². The van der Waals surface area contributed by atoms with Crippen LogP contribution in [0.15, 0.2) is 77.7 Å². The minimum absolute atomic E-state index is 0. The molecule has 3 aromatic rings. The summed E-state index contributed by atoms with van der Waals surface area (Å²) in [6.07, 6.45) is 0. The fourth-order valence-corrected chi connectivity index (χ4v) is 2.99. The van der Waals surface area contributed by atoms with Crippen LogP contribution in [-0.2, 0) is 10.1 Å². The number of hydrogen-bond acceptors (Lipinski definition) is 3. The third kappa shape index (κ3) is 3.74. The molecule has 0 unspecified atom stereocenters. The Hall–Kier alpha value is -0.694. The van der Waals surface area contributed by atoms with Crippen molar-refractivity contribution in [2.24, 2.45) is 0 Å². The van der Waals surface area contributed by atoms with Crippen molar-refractivity contribution < 1.29 is 65.4 Å². The van der Waals surface area contributed by atoms with Crippen LogP contribution in [0.5, 0.6) is 5.75 Å². The first-order valence-corrected chi connectivity index (χ1v) is 7.55. The van der Waals surface area contributed by atoms with E-state index in [1.807, 2.05) is 30.3 Å². The van der Waals surface area contributed by atoms with E-state index in [-0.39, 0.29) is 57.7 Å². The largest absolute Gasteiger partial charge is 1.00 e. The Balaban J connectivity index is 0.00000121. The van der Waals surface area contributed by atoms with E-state index in [1.54, 1.807) is 30.3 Å². The first-order valence-electron chi connectivity index (χ1n) is 6.14. The molecule has 0 heterocycles. The summed E-state index contributed by atoms with van der Waals surface area (Å²) in [5.74, 6) is 0.340. The van der Waals surface area contributed by atoms with Gasteiger partial charge in [-0.05, 0) is 23.6 Å². The van der Waals surface area contributed by atoms with E-state index in [4.69, 9.17) is 4.18 Å². The molecular weight excluding hydrogens is 311 g/mol. The van der Waals surface area contributed by atoms with Gasteiger partial charge in [0.05, 0.1) is 0 Å². The minimum Gasteiger partial charge on any atom is -1.00 e. The van der Waals surface area contributed by atoms with Gasteiger partial charge in [-0.15, -0.1) is 0 Å². The van der Waals surface area contributed by atoms with E-state index < -0.39 is 10.1 Å². The third-order valence-corrected chi connectivity index (χ3v) is 4.23. The smallest absolute Gasteiger partial charge is 1.00 e. The number of hydrogen-bond donors (Lipinski definition) is 0. The summed E-state index contributed by atoms with van der Waals surface area (Å²) in [5.41, 5.74) is 0. The van der Waals surface area contributed by atoms with Crippen LogP contribution in [0.2, 0.25) is 0 Å². The fraction of sp³-hybridized carbons (Fsp3) is 0. The zero-order valence-corrected chi connectivity index (χ0v) is 15.5. The van der Waals surface area contributed by atoms with Crippen molar-refractivity contribution in [1.29, 1.82) is 0 Å². The molecule has 3 aromatic carbocycles. The molecule has 5 heteroatoms. The van der Waals surface area contributed by atoms with Crippen molar-refractivity contribution in [2.75, 3.05) is 0 Å². The predicted octanol–water partition coefficient (Wildman–Crippen LogP) is 0.724. The quantitative estimate of drug-likeness (QED) is 0.527. The number of rotatable bonds is 3. The number of benzene rings is 3. The van der Waals surface area contributed by atoms with Gasteiger partial charge in [0.15, 0.2) is 5.75 Å². The Labute approximate surface area is 168 Å². The standard InChI is InChI=1S/C16H12O3S.K.H/c17-20(18,14-9-2-1-3-10-14)19-16-12-6-8-13-7-4-5-11-15(13)16;;/h1-12H;;/q;+1;-1. The Kier molecular flexibility index (Phi) is 5.59. The van der Waals surface area contributed by atoms with Crippen LogP contribution >= 0.6 is 0 Å². The first-order chi connectivity index (χ1) is 9.67. The van der Waals surface area contributed by atoms with Crippen molar-refractivity contribution in [3.05, 3.63) is 72.8 Å². The first kappa shape index (κ1) is 16.7. The molecule has 0 spiro atoms. The topological polar surface area (TPSA) is 43.4 Å². The van der Waals surface area contributed by atoms with Gasteiger partial charge in [0.2, 0.25) is 0 Å². The third-order valence-electron chi connectivity index (χ3n) is 2.98.